The Labute approximate surface area is 133 Å². The third-order valence-electron chi connectivity index (χ3n) is 3.79. The molecular formula is C17H17NO5. The summed E-state index contributed by atoms with van der Waals surface area (Å²) in [5, 5.41) is 21.2. The van der Waals surface area contributed by atoms with Crippen molar-refractivity contribution >= 4 is 11.7 Å². The minimum atomic E-state index is -1.56. The Hall–Kier alpha value is -2.89. The maximum Gasteiger partial charge on any atom is 0.318 e. The summed E-state index contributed by atoms with van der Waals surface area (Å²) in [6.45, 7) is 3.63. The number of nitro groups is 1. The first-order chi connectivity index (χ1) is 10.9. The number of aliphatic carboxylic acids is 1. The summed E-state index contributed by atoms with van der Waals surface area (Å²) in [7, 11) is 0. The molecule has 0 aliphatic heterocycles. The maximum absolute atomic E-state index is 12.0. The number of benzene rings is 2. The molecule has 0 saturated heterocycles. The van der Waals surface area contributed by atoms with Gasteiger partial charge in [0.05, 0.1) is 17.1 Å². The van der Waals surface area contributed by atoms with Crippen molar-refractivity contribution in [1.82, 2.24) is 0 Å². The van der Waals surface area contributed by atoms with Gasteiger partial charge in [-0.15, -0.1) is 0 Å². The number of hydrogen-bond donors (Lipinski definition) is 1. The van der Waals surface area contributed by atoms with Gasteiger partial charge in [-0.1, -0.05) is 30.3 Å². The highest BCUT2D eigenvalue weighted by molar-refractivity contribution is 5.87. The highest BCUT2D eigenvalue weighted by atomic mass is 16.6. The first kappa shape index (κ1) is 16.5. The molecule has 0 bridgehead atoms. The molecular weight excluding hydrogens is 298 g/mol. The highest BCUT2D eigenvalue weighted by Gasteiger charge is 2.42. The molecule has 2 aromatic carbocycles. The normalized spacial score (nSPS) is 13.1. The van der Waals surface area contributed by atoms with Crippen molar-refractivity contribution in [2.45, 2.75) is 19.3 Å². The predicted octanol–water partition coefficient (Wildman–Crippen LogP) is 3.38. The highest BCUT2D eigenvalue weighted by Crippen LogP contribution is 2.39. The summed E-state index contributed by atoms with van der Waals surface area (Å²) in [5.41, 5.74) is -1.25. The van der Waals surface area contributed by atoms with Crippen LogP contribution < -0.4 is 4.74 Å². The Balaban J connectivity index is 2.74. The molecule has 0 aliphatic carbocycles. The molecule has 1 atom stereocenters. The molecule has 6 nitrogen and oxygen atoms in total. The van der Waals surface area contributed by atoms with E-state index in [2.05, 4.69) is 0 Å². The molecule has 0 saturated carbocycles. The van der Waals surface area contributed by atoms with Crippen molar-refractivity contribution in [1.29, 1.82) is 0 Å². The minimum absolute atomic E-state index is 0.0900. The molecule has 23 heavy (non-hydrogen) atoms. The molecule has 2 aromatic rings. The number of ether oxygens (including phenoxy) is 1. The second-order valence-electron chi connectivity index (χ2n) is 5.17. The van der Waals surface area contributed by atoms with Crippen LogP contribution in [0, 0.1) is 10.1 Å². The zero-order chi connectivity index (χ0) is 17.0. The lowest BCUT2D eigenvalue weighted by Gasteiger charge is -2.26. The molecule has 0 fully saturated rings. The fourth-order valence-corrected chi connectivity index (χ4v) is 2.50. The molecule has 0 aromatic heterocycles. The van der Waals surface area contributed by atoms with Crippen LogP contribution in [0.3, 0.4) is 0 Å². The van der Waals surface area contributed by atoms with Gasteiger partial charge in [0.25, 0.3) is 5.69 Å². The van der Waals surface area contributed by atoms with Gasteiger partial charge in [-0.3, -0.25) is 14.9 Å². The van der Waals surface area contributed by atoms with Crippen molar-refractivity contribution in [3.05, 3.63) is 69.8 Å². The van der Waals surface area contributed by atoms with Gasteiger partial charge in [0.1, 0.15) is 11.2 Å². The molecule has 0 aliphatic rings. The summed E-state index contributed by atoms with van der Waals surface area (Å²) in [6.07, 6.45) is 0. The van der Waals surface area contributed by atoms with Crippen molar-refractivity contribution in [2.75, 3.05) is 6.61 Å². The lowest BCUT2D eigenvalue weighted by atomic mass is 9.75. The van der Waals surface area contributed by atoms with Crippen LogP contribution >= 0.6 is 0 Å². The Morgan fingerprint density at radius 2 is 1.91 bits per heavy atom. The van der Waals surface area contributed by atoms with Gasteiger partial charge in [0, 0.05) is 6.07 Å². The summed E-state index contributed by atoms with van der Waals surface area (Å²) in [4.78, 5) is 22.8. The Morgan fingerprint density at radius 3 is 2.43 bits per heavy atom. The van der Waals surface area contributed by atoms with E-state index < -0.39 is 16.3 Å². The number of carboxylic acids is 1. The number of rotatable bonds is 6. The first-order valence-corrected chi connectivity index (χ1v) is 7.12. The second kappa shape index (κ2) is 6.48. The van der Waals surface area contributed by atoms with E-state index in [0.717, 1.165) is 0 Å². The van der Waals surface area contributed by atoms with Gasteiger partial charge in [0.15, 0.2) is 0 Å². The topological polar surface area (TPSA) is 89.7 Å². The minimum Gasteiger partial charge on any atom is -0.494 e. The average molecular weight is 315 g/mol. The summed E-state index contributed by atoms with van der Waals surface area (Å²) >= 11 is 0. The van der Waals surface area contributed by atoms with Gasteiger partial charge in [-0.05, 0) is 31.5 Å². The summed E-state index contributed by atoms with van der Waals surface area (Å²) in [6, 6.07) is 12.6. The van der Waals surface area contributed by atoms with E-state index in [1.807, 2.05) is 0 Å². The zero-order valence-corrected chi connectivity index (χ0v) is 12.9. The maximum atomic E-state index is 12.0. The van der Waals surface area contributed by atoms with Crippen LogP contribution in [-0.2, 0) is 10.2 Å². The lowest BCUT2D eigenvalue weighted by molar-refractivity contribution is -0.385. The van der Waals surface area contributed by atoms with Gasteiger partial charge in [-0.25, -0.2) is 0 Å². The SMILES string of the molecule is CCOc1ccc([N+](=O)[O-])c(C(C)(C(=O)O)c2ccccc2)c1. The van der Waals surface area contributed by atoms with Gasteiger partial charge in [-0.2, -0.15) is 0 Å². The molecule has 1 N–H and O–H groups in total. The molecule has 2 rings (SSSR count). The van der Waals surface area contributed by atoms with E-state index in [4.69, 9.17) is 4.74 Å². The van der Waals surface area contributed by atoms with Crippen molar-refractivity contribution in [2.24, 2.45) is 0 Å². The second-order valence-corrected chi connectivity index (χ2v) is 5.17. The van der Waals surface area contributed by atoms with Crippen LogP contribution in [0.4, 0.5) is 5.69 Å². The molecule has 1 unspecified atom stereocenters. The van der Waals surface area contributed by atoms with Gasteiger partial charge in [0.2, 0.25) is 0 Å². The van der Waals surface area contributed by atoms with E-state index in [1.165, 1.54) is 25.1 Å². The fourth-order valence-electron chi connectivity index (χ4n) is 2.50. The number of nitrogens with zero attached hydrogens (tertiary/aromatic N) is 1. The lowest BCUT2D eigenvalue weighted by Crippen LogP contribution is -2.34. The van der Waals surface area contributed by atoms with Crippen molar-refractivity contribution in [3.63, 3.8) is 0 Å². The Morgan fingerprint density at radius 1 is 1.26 bits per heavy atom. The molecule has 0 amide bonds. The largest absolute Gasteiger partial charge is 0.494 e. The van der Waals surface area contributed by atoms with Crippen LogP contribution in [0.5, 0.6) is 5.75 Å². The van der Waals surface area contributed by atoms with Crippen molar-refractivity contribution < 1.29 is 19.6 Å². The molecule has 0 spiro atoms. The molecule has 6 heteroatoms. The zero-order valence-electron chi connectivity index (χ0n) is 12.9. The van der Waals surface area contributed by atoms with Crippen molar-refractivity contribution in [3.8, 4) is 5.75 Å². The number of carbonyl (C=O) groups is 1. The fraction of sp³-hybridized carbons (Fsp3) is 0.235. The third kappa shape index (κ3) is 3.01. The van der Waals surface area contributed by atoms with E-state index in [0.29, 0.717) is 17.9 Å². The van der Waals surface area contributed by atoms with Crippen LogP contribution in [0.1, 0.15) is 25.0 Å². The standard InChI is InChI=1S/C17H17NO5/c1-3-23-13-9-10-15(18(21)22)14(11-13)17(2,16(19)20)12-7-5-4-6-8-12/h4-11H,3H2,1-2H3,(H,19,20). The van der Waals surface area contributed by atoms with Gasteiger partial charge < -0.3 is 9.84 Å². The average Bonchev–Trinajstić information content (AvgIpc) is 2.54. The number of hydrogen-bond acceptors (Lipinski definition) is 4. The van der Waals surface area contributed by atoms with E-state index in [9.17, 15) is 20.0 Å². The molecule has 0 radical (unpaired) electrons. The van der Waals surface area contributed by atoms with E-state index in [-0.39, 0.29) is 11.3 Å². The summed E-state index contributed by atoms with van der Waals surface area (Å²) < 4.78 is 5.38. The van der Waals surface area contributed by atoms with Crippen LogP contribution in [-0.4, -0.2) is 22.6 Å². The first-order valence-electron chi connectivity index (χ1n) is 7.12. The smallest absolute Gasteiger partial charge is 0.318 e. The quantitative estimate of drug-likeness (QED) is 0.652. The van der Waals surface area contributed by atoms with Crippen LogP contribution in [0.15, 0.2) is 48.5 Å². The Kier molecular flexibility index (Phi) is 4.64. The number of nitro benzene ring substituents is 1. The van der Waals surface area contributed by atoms with Crippen LogP contribution in [0.2, 0.25) is 0 Å². The van der Waals surface area contributed by atoms with E-state index in [1.54, 1.807) is 37.3 Å². The summed E-state index contributed by atoms with van der Waals surface area (Å²) in [5.74, 6) is -0.767. The van der Waals surface area contributed by atoms with Gasteiger partial charge >= 0.3 is 5.97 Å². The number of carboxylic acid groups (broad SMARTS) is 1. The van der Waals surface area contributed by atoms with Crippen LogP contribution in [0.25, 0.3) is 0 Å². The third-order valence-corrected chi connectivity index (χ3v) is 3.79. The Bertz CT molecular complexity index is 729. The predicted molar refractivity (Wildman–Crippen MR) is 84.8 cm³/mol. The molecule has 0 heterocycles. The molecule has 120 valence electrons. The monoisotopic (exact) mass is 315 g/mol. The van der Waals surface area contributed by atoms with E-state index >= 15 is 0 Å².